The van der Waals surface area contributed by atoms with E-state index in [9.17, 15) is 4.57 Å². The molecule has 0 spiro atoms. The molecule has 13 heavy (non-hydrogen) atoms. The quantitative estimate of drug-likeness (QED) is 0.617. The van der Waals surface area contributed by atoms with E-state index in [-0.39, 0.29) is 12.3 Å². The van der Waals surface area contributed by atoms with Crippen LogP contribution in [0.1, 0.15) is 6.42 Å². The second kappa shape index (κ2) is 5.38. The van der Waals surface area contributed by atoms with E-state index < -0.39 is 17.7 Å². The molecule has 4 nitrogen and oxygen atoms in total. The highest BCUT2D eigenvalue weighted by molar-refractivity contribution is 7.46. The molecule has 0 radical (unpaired) electrons. The maximum atomic E-state index is 10.4. The van der Waals surface area contributed by atoms with Crippen molar-refractivity contribution >= 4 is 54.2 Å². The first-order valence-electron chi connectivity index (χ1n) is 3.01. The zero-order valence-corrected chi connectivity index (χ0v) is 10.1. The number of alkyl halides is 4. The van der Waals surface area contributed by atoms with Gasteiger partial charge in [-0.15, -0.1) is 11.6 Å². The van der Waals surface area contributed by atoms with Crippen molar-refractivity contribution in [3.05, 3.63) is 0 Å². The zero-order chi connectivity index (χ0) is 10.7. The van der Waals surface area contributed by atoms with Crippen LogP contribution in [0.5, 0.6) is 0 Å². The van der Waals surface area contributed by atoms with Crippen LogP contribution in [0.3, 0.4) is 0 Å². The minimum atomic E-state index is -4.58. The van der Waals surface area contributed by atoms with Gasteiger partial charge in [0.05, 0.1) is 6.10 Å². The van der Waals surface area contributed by atoms with Gasteiger partial charge in [0.1, 0.15) is 0 Å². The number of rotatable bonds is 4. The maximum absolute atomic E-state index is 10.4. The summed E-state index contributed by atoms with van der Waals surface area (Å²) in [4.78, 5) is 16.8. The minimum Gasteiger partial charge on any atom is -0.303 e. The van der Waals surface area contributed by atoms with Crippen LogP contribution in [-0.4, -0.2) is 25.6 Å². The molecule has 9 heteroatoms. The molecule has 2 N–H and O–H groups in total. The molecule has 0 saturated carbocycles. The highest BCUT2D eigenvalue weighted by Crippen LogP contribution is 2.41. The van der Waals surface area contributed by atoms with Crippen LogP contribution in [0.15, 0.2) is 0 Å². The fraction of sp³-hybridized carbons (Fsp3) is 1.00. The fourth-order valence-electron chi connectivity index (χ4n) is 0.572. The second-order valence-corrected chi connectivity index (χ2v) is 6.21. The van der Waals surface area contributed by atoms with Crippen molar-refractivity contribution in [3.8, 4) is 0 Å². The Morgan fingerprint density at radius 2 is 1.85 bits per heavy atom. The molecule has 0 aromatic rings. The Balaban J connectivity index is 4.13. The summed E-state index contributed by atoms with van der Waals surface area (Å²) in [7, 11) is -4.58. The van der Waals surface area contributed by atoms with Crippen LogP contribution in [-0.2, 0) is 9.09 Å². The summed E-state index contributed by atoms with van der Waals surface area (Å²) in [6.45, 7) is 0. The molecule has 1 atom stereocenters. The SMILES string of the molecule is O=P(O)(O)OC(CCl)CC(Cl)(Cl)Cl. The lowest BCUT2D eigenvalue weighted by molar-refractivity contribution is 0.141. The predicted octanol–water partition coefficient (Wildman–Crippen LogP) is 2.46. The second-order valence-electron chi connectivity index (χ2n) is 2.19. The lowest BCUT2D eigenvalue weighted by Gasteiger charge is -2.19. The van der Waals surface area contributed by atoms with Crippen LogP contribution < -0.4 is 0 Å². The third kappa shape index (κ3) is 9.57. The molecule has 80 valence electrons. The van der Waals surface area contributed by atoms with Gasteiger partial charge in [-0.25, -0.2) is 4.57 Å². The lowest BCUT2D eigenvalue weighted by Crippen LogP contribution is -2.20. The number of phosphoric ester groups is 1. The van der Waals surface area contributed by atoms with E-state index in [1.807, 2.05) is 0 Å². The first-order valence-corrected chi connectivity index (χ1v) is 6.20. The summed E-state index contributed by atoms with van der Waals surface area (Å²) in [6.07, 6.45) is -1.18. The first kappa shape index (κ1) is 14.3. The molecule has 0 aliphatic carbocycles. The van der Waals surface area contributed by atoms with Gasteiger partial charge in [0, 0.05) is 12.3 Å². The molecule has 0 aromatic carbocycles. The number of hydrogen-bond donors (Lipinski definition) is 2. The van der Waals surface area contributed by atoms with Gasteiger partial charge in [0.2, 0.25) is 0 Å². The third-order valence-corrected chi connectivity index (χ3v) is 2.30. The minimum absolute atomic E-state index is 0.168. The van der Waals surface area contributed by atoms with Crippen LogP contribution in [0.4, 0.5) is 0 Å². The molecule has 0 bridgehead atoms. The maximum Gasteiger partial charge on any atom is 0.469 e. The van der Waals surface area contributed by atoms with E-state index in [4.69, 9.17) is 56.2 Å². The highest BCUT2D eigenvalue weighted by atomic mass is 35.6. The van der Waals surface area contributed by atoms with Gasteiger partial charge in [0.15, 0.2) is 3.79 Å². The molecular formula is C4H7Cl4O4P. The molecule has 0 heterocycles. The number of phosphoric acid groups is 1. The Bertz CT molecular complexity index is 199. The topological polar surface area (TPSA) is 66.8 Å². The lowest BCUT2D eigenvalue weighted by atomic mass is 10.3. The van der Waals surface area contributed by atoms with E-state index >= 15 is 0 Å². The Labute approximate surface area is 95.3 Å². The van der Waals surface area contributed by atoms with Gasteiger partial charge < -0.3 is 9.79 Å². The number of halogens is 4. The summed E-state index contributed by atoms with van der Waals surface area (Å²) in [5, 5.41) is 0. The summed E-state index contributed by atoms with van der Waals surface area (Å²) >= 11 is 21.5. The highest BCUT2D eigenvalue weighted by Gasteiger charge is 2.30. The van der Waals surface area contributed by atoms with Gasteiger partial charge >= 0.3 is 7.82 Å². The third-order valence-electron chi connectivity index (χ3n) is 0.918. The van der Waals surface area contributed by atoms with Crippen molar-refractivity contribution in [2.75, 3.05) is 5.88 Å². The van der Waals surface area contributed by atoms with Crippen molar-refractivity contribution < 1.29 is 18.9 Å². The van der Waals surface area contributed by atoms with Crippen LogP contribution >= 0.6 is 54.2 Å². The molecule has 0 amide bonds. The van der Waals surface area contributed by atoms with Gasteiger partial charge in [-0.2, -0.15) is 0 Å². The molecule has 1 unspecified atom stereocenters. The van der Waals surface area contributed by atoms with Gasteiger partial charge in [-0.3, -0.25) is 4.52 Å². The van der Waals surface area contributed by atoms with E-state index in [1.54, 1.807) is 0 Å². The zero-order valence-electron chi connectivity index (χ0n) is 6.16. The standard InChI is InChI=1S/C4H7Cl4O4P/c5-2-3(1-4(6,7)8)12-13(9,10)11/h3H,1-2H2,(H2,9,10,11). The average Bonchev–Trinajstić information content (AvgIpc) is 1.79. The summed E-state index contributed by atoms with van der Waals surface area (Å²) in [6, 6.07) is 0. The summed E-state index contributed by atoms with van der Waals surface area (Å²) in [5.74, 6) is -0.168. The van der Waals surface area contributed by atoms with E-state index in [0.29, 0.717) is 0 Å². The molecule has 0 saturated heterocycles. The molecule has 0 rings (SSSR count). The van der Waals surface area contributed by atoms with Crippen LogP contribution in [0.2, 0.25) is 0 Å². The number of hydrogen-bond acceptors (Lipinski definition) is 2. The smallest absolute Gasteiger partial charge is 0.303 e. The Morgan fingerprint density at radius 3 is 2.08 bits per heavy atom. The largest absolute Gasteiger partial charge is 0.469 e. The molecular weight excluding hydrogens is 285 g/mol. The first-order chi connectivity index (χ1) is 5.64. The Morgan fingerprint density at radius 1 is 1.38 bits per heavy atom. The van der Waals surface area contributed by atoms with Gasteiger partial charge in [-0.05, 0) is 0 Å². The van der Waals surface area contributed by atoms with Crippen molar-refractivity contribution in [2.45, 2.75) is 16.3 Å². The molecule has 0 aliphatic heterocycles. The van der Waals surface area contributed by atoms with Crippen LogP contribution in [0, 0.1) is 0 Å². The van der Waals surface area contributed by atoms with Crippen molar-refractivity contribution in [3.63, 3.8) is 0 Å². The van der Waals surface area contributed by atoms with E-state index in [1.165, 1.54) is 0 Å². The Hall–Kier alpha value is 1.27. The van der Waals surface area contributed by atoms with Gasteiger partial charge in [-0.1, -0.05) is 34.8 Å². The van der Waals surface area contributed by atoms with Gasteiger partial charge in [0.25, 0.3) is 0 Å². The van der Waals surface area contributed by atoms with E-state index in [0.717, 1.165) is 0 Å². The van der Waals surface area contributed by atoms with Crippen LogP contribution in [0.25, 0.3) is 0 Å². The predicted molar refractivity (Wildman–Crippen MR) is 52.5 cm³/mol. The average molecular weight is 292 g/mol. The monoisotopic (exact) mass is 290 g/mol. The fourth-order valence-corrected chi connectivity index (χ4v) is 1.89. The van der Waals surface area contributed by atoms with E-state index in [2.05, 4.69) is 4.52 Å². The molecule has 0 aliphatic rings. The normalized spacial score (nSPS) is 15.8. The molecule has 0 fully saturated rings. The van der Waals surface area contributed by atoms with Crippen molar-refractivity contribution in [1.29, 1.82) is 0 Å². The Kier molecular flexibility index (Phi) is 5.91. The molecule has 0 aromatic heterocycles. The summed E-state index contributed by atoms with van der Waals surface area (Å²) in [5.41, 5.74) is 0. The van der Waals surface area contributed by atoms with Crippen molar-refractivity contribution in [1.82, 2.24) is 0 Å². The summed E-state index contributed by atoms with van der Waals surface area (Å²) < 4.78 is 13.0. The van der Waals surface area contributed by atoms with Crippen molar-refractivity contribution in [2.24, 2.45) is 0 Å².